The normalized spacial score (nSPS) is 10.9. The van der Waals surface area contributed by atoms with Crippen LogP contribution in [0.5, 0.6) is 0 Å². The number of rotatable bonds is 5. The maximum absolute atomic E-state index is 11.1. The van der Waals surface area contributed by atoms with Crippen molar-refractivity contribution in [2.75, 3.05) is 5.32 Å². The standard InChI is InChI=1S/C14H17N3O2/c1-3-9(4-2)15-12-10-7-5-6-8-11(10)16-13(17-12)14(18)19/h5-9H,3-4H2,1-2H3,(H,18,19)(H,15,16,17). The summed E-state index contributed by atoms with van der Waals surface area (Å²) in [7, 11) is 0. The number of aromatic carboxylic acids is 1. The largest absolute Gasteiger partial charge is 0.475 e. The van der Waals surface area contributed by atoms with E-state index in [4.69, 9.17) is 5.11 Å². The molecule has 100 valence electrons. The smallest absolute Gasteiger partial charge is 0.374 e. The van der Waals surface area contributed by atoms with Gasteiger partial charge in [0.2, 0.25) is 5.82 Å². The van der Waals surface area contributed by atoms with E-state index in [-0.39, 0.29) is 11.9 Å². The summed E-state index contributed by atoms with van der Waals surface area (Å²) in [6.07, 6.45) is 1.91. The number of hydrogen-bond donors (Lipinski definition) is 2. The van der Waals surface area contributed by atoms with Gasteiger partial charge in [-0.2, -0.15) is 0 Å². The van der Waals surface area contributed by atoms with E-state index in [9.17, 15) is 4.79 Å². The topological polar surface area (TPSA) is 75.1 Å². The Morgan fingerprint density at radius 1 is 1.26 bits per heavy atom. The van der Waals surface area contributed by atoms with Crippen LogP contribution in [0, 0.1) is 0 Å². The summed E-state index contributed by atoms with van der Waals surface area (Å²) in [5, 5.41) is 13.2. The Kier molecular flexibility index (Phi) is 3.94. The van der Waals surface area contributed by atoms with Crippen molar-refractivity contribution in [3.05, 3.63) is 30.1 Å². The number of carbonyl (C=O) groups is 1. The predicted octanol–water partition coefficient (Wildman–Crippen LogP) is 2.93. The minimum atomic E-state index is -1.11. The van der Waals surface area contributed by atoms with Crippen LogP contribution in [0.3, 0.4) is 0 Å². The number of anilines is 1. The molecule has 0 aliphatic carbocycles. The number of nitrogens with one attached hydrogen (secondary N) is 1. The van der Waals surface area contributed by atoms with Gasteiger partial charge in [-0.25, -0.2) is 14.8 Å². The van der Waals surface area contributed by atoms with Crippen LogP contribution in [0.25, 0.3) is 10.9 Å². The van der Waals surface area contributed by atoms with Crippen LogP contribution in [0.1, 0.15) is 37.3 Å². The summed E-state index contributed by atoms with van der Waals surface area (Å²) in [5.74, 6) is -0.692. The van der Waals surface area contributed by atoms with E-state index in [0.29, 0.717) is 11.3 Å². The van der Waals surface area contributed by atoms with Gasteiger partial charge in [0.25, 0.3) is 0 Å². The number of carboxylic acid groups (broad SMARTS) is 1. The quantitative estimate of drug-likeness (QED) is 0.863. The van der Waals surface area contributed by atoms with Crippen LogP contribution in [-0.2, 0) is 0 Å². The highest BCUT2D eigenvalue weighted by atomic mass is 16.4. The highest BCUT2D eigenvalue weighted by Crippen LogP contribution is 2.21. The van der Waals surface area contributed by atoms with Crippen LogP contribution in [0.2, 0.25) is 0 Å². The first-order chi connectivity index (χ1) is 9.15. The lowest BCUT2D eigenvalue weighted by atomic mass is 10.1. The van der Waals surface area contributed by atoms with Crippen LogP contribution < -0.4 is 5.32 Å². The van der Waals surface area contributed by atoms with E-state index in [2.05, 4.69) is 29.1 Å². The Morgan fingerprint density at radius 2 is 1.95 bits per heavy atom. The van der Waals surface area contributed by atoms with Gasteiger partial charge in [-0.3, -0.25) is 0 Å². The minimum absolute atomic E-state index is 0.174. The molecule has 2 N–H and O–H groups in total. The van der Waals surface area contributed by atoms with Crippen molar-refractivity contribution < 1.29 is 9.90 Å². The number of fused-ring (bicyclic) bond motifs is 1. The monoisotopic (exact) mass is 259 g/mol. The Morgan fingerprint density at radius 3 is 2.58 bits per heavy atom. The van der Waals surface area contributed by atoms with Gasteiger partial charge >= 0.3 is 5.97 Å². The fourth-order valence-electron chi connectivity index (χ4n) is 1.97. The lowest BCUT2D eigenvalue weighted by Gasteiger charge is -2.17. The van der Waals surface area contributed by atoms with Gasteiger partial charge in [0, 0.05) is 11.4 Å². The van der Waals surface area contributed by atoms with E-state index < -0.39 is 5.97 Å². The highest BCUT2D eigenvalue weighted by molar-refractivity contribution is 5.93. The van der Waals surface area contributed by atoms with Crippen LogP contribution in [-0.4, -0.2) is 27.1 Å². The zero-order chi connectivity index (χ0) is 13.8. The van der Waals surface area contributed by atoms with Crippen LogP contribution in [0.15, 0.2) is 24.3 Å². The zero-order valence-electron chi connectivity index (χ0n) is 11.1. The second kappa shape index (κ2) is 5.65. The second-order valence-electron chi connectivity index (χ2n) is 4.38. The highest BCUT2D eigenvalue weighted by Gasteiger charge is 2.14. The first-order valence-electron chi connectivity index (χ1n) is 6.42. The molecule has 2 rings (SSSR count). The van der Waals surface area contributed by atoms with Crippen molar-refractivity contribution in [3.8, 4) is 0 Å². The van der Waals surface area contributed by atoms with Gasteiger partial charge in [-0.05, 0) is 25.0 Å². The lowest BCUT2D eigenvalue weighted by molar-refractivity contribution is 0.0684. The number of hydrogen-bond acceptors (Lipinski definition) is 4. The molecule has 5 heteroatoms. The summed E-state index contributed by atoms with van der Waals surface area (Å²) in [6.45, 7) is 4.17. The molecular formula is C14H17N3O2. The Hall–Kier alpha value is -2.17. The molecule has 0 unspecified atom stereocenters. The van der Waals surface area contributed by atoms with E-state index in [1.54, 1.807) is 6.07 Å². The molecule has 0 bridgehead atoms. The van der Waals surface area contributed by atoms with Gasteiger partial charge in [-0.1, -0.05) is 26.0 Å². The second-order valence-corrected chi connectivity index (χ2v) is 4.38. The molecule has 0 saturated carbocycles. The third kappa shape index (κ3) is 2.81. The molecule has 1 aromatic heterocycles. The fourth-order valence-corrected chi connectivity index (χ4v) is 1.97. The number of aromatic nitrogens is 2. The molecule has 0 aliphatic heterocycles. The Bertz CT molecular complexity index is 594. The average molecular weight is 259 g/mol. The van der Waals surface area contributed by atoms with E-state index in [1.165, 1.54) is 0 Å². The maximum atomic E-state index is 11.1. The molecule has 5 nitrogen and oxygen atoms in total. The lowest BCUT2D eigenvalue weighted by Crippen LogP contribution is -2.19. The summed E-state index contributed by atoms with van der Waals surface area (Å²) < 4.78 is 0. The predicted molar refractivity (Wildman–Crippen MR) is 74.5 cm³/mol. The molecular weight excluding hydrogens is 242 g/mol. The first-order valence-corrected chi connectivity index (χ1v) is 6.42. The third-order valence-corrected chi connectivity index (χ3v) is 3.12. The van der Waals surface area contributed by atoms with Crippen molar-refractivity contribution in [1.82, 2.24) is 9.97 Å². The third-order valence-electron chi connectivity index (χ3n) is 3.12. The number of benzene rings is 1. The van der Waals surface area contributed by atoms with Gasteiger partial charge in [-0.15, -0.1) is 0 Å². The van der Waals surface area contributed by atoms with Crippen molar-refractivity contribution in [1.29, 1.82) is 0 Å². The van der Waals surface area contributed by atoms with Crippen molar-refractivity contribution >= 4 is 22.7 Å². The summed E-state index contributed by atoms with van der Waals surface area (Å²) in [6, 6.07) is 7.69. The van der Waals surface area contributed by atoms with Crippen molar-refractivity contribution in [3.63, 3.8) is 0 Å². The number of nitrogens with zero attached hydrogens (tertiary/aromatic N) is 2. The van der Waals surface area contributed by atoms with E-state index in [0.717, 1.165) is 18.2 Å². The minimum Gasteiger partial charge on any atom is -0.475 e. The van der Waals surface area contributed by atoms with Crippen molar-refractivity contribution in [2.24, 2.45) is 0 Å². The average Bonchev–Trinajstić information content (AvgIpc) is 2.44. The summed E-state index contributed by atoms with van der Waals surface area (Å²) in [5.41, 5.74) is 0.642. The molecule has 2 aromatic rings. The molecule has 0 fully saturated rings. The molecule has 1 aromatic carbocycles. The van der Waals surface area contributed by atoms with E-state index in [1.807, 2.05) is 18.2 Å². The van der Waals surface area contributed by atoms with E-state index >= 15 is 0 Å². The molecule has 19 heavy (non-hydrogen) atoms. The molecule has 0 atom stereocenters. The van der Waals surface area contributed by atoms with Gasteiger partial charge in [0.15, 0.2) is 0 Å². The maximum Gasteiger partial charge on any atom is 0.374 e. The molecule has 0 saturated heterocycles. The first kappa shape index (κ1) is 13.3. The summed E-state index contributed by atoms with van der Waals surface area (Å²) >= 11 is 0. The SMILES string of the molecule is CCC(CC)Nc1nc(C(=O)O)nc2ccccc12. The molecule has 0 spiro atoms. The van der Waals surface area contributed by atoms with Gasteiger partial charge < -0.3 is 10.4 Å². The Balaban J connectivity index is 2.53. The number of carboxylic acids is 1. The molecule has 0 aliphatic rings. The van der Waals surface area contributed by atoms with Crippen LogP contribution in [0.4, 0.5) is 5.82 Å². The fraction of sp³-hybridized carbons (Fsp3) is 0.357. The molecule has 0 amide bonds. The van der Waals surface area contributed by atoms with Crippen molar-refractivity contribution in [2.45, 2.75) is 32.7 Å². The Labute approximate surface area is 111 Å². The number of para-hydroxylation sites is 1. The van der Waals surface area contributed by atoms with Gasteiger partial charge in [0.1, 0.15) is 5.82 Å². The molecule has 0 radical (unpaired) electrons. The van der Waals surface area contributed by atoms with Crippen LogP contribution >= 0.6 is 0 Å². The van der Waals surface area contributed by atoms with Gasteiger partial charge in [0.05, 0.1) is 5.52 Å². The zero-order valence-corrected chi connectivity index (χ0v) is 11.1. The summed E-state index contributed by atoms with van der Waals surface area (Å²) in [4.78, 5) is 19.2. The molecule has 1 heterocycles.